The van der Waals surface area contributed by atoms with Crippen LogP contribution >= 0.6 is 0 Å². The van der Waals surface area contributed by atoms with Gasteiger partial charge in [-0.15, -0.1) is 0 Å². The van der Waals surface area contributed by atoms with Crippen molar-refractivity contribution in [2.24, 2.45) is 0 Å². The van der Waals surface area contributed by atoms with E-state index in [1.807, 2.05) is 0 Å². The van der Waals surface area contributed by atoms with E-state index in [0.29, 0.717) is 17.9 Å². The van der Waals surface area contributed by atoms with E-state index in [4.69, 9.17) is 4.74 Å². The van der Waals surface area contributed by atoms with Gasteiger partial charge in [0, 0.05) is 24.1 Å². The lowest BCUT2D eigenvalue weighted by molar-refractivity contribution is -0.384. The molecule has 0 fully saturated rings. The summed E-state index contributed by atoms with van der Waals surface area (Å²) in [7, 11) is 0. The maximum Gasteiger partial charge on any atom is 0.269 e. The van der Waals surface area contributed by atoms with Gasteiger partial charge in [-0.1, -0.05) is 38.2 Å². The van der Waals surface area contributed by atoms with Crippen molar-refractivity contribution in [1.82, 2.24) is 0 Å². The lowest BCUT2D eigenvalue weighted by Gasteiger charge is -2.04. The number of hydrogen-bond acceptors (Lipinski definition) is 3. The number of benzene rings is 1. The first-order valence-corrected chi connectivity index (χ1v) is 6.67. The van der Waals surface area contributed by atoms with Crippen LogP contribution in [0.25, 0.3) is 0 Å². The quantitative estimate of drug-likeness (QED) is 0.325. The van der Waals surface area contributed by atoms with Crippen molar-refractivity contribution in [3.05, 3.63) is 46.5 Å². The number of unbranched alkanes of at least 4 members (excludes halogenated alkanes) is 3. The number of non-ortho nitro benzene ring substituents is 1. The Balaban J connectivity index is 2.35. The highest BCUT2D eigenvalue weighted by molar-refractivity contribution is 5.36. The smallest absolute Gasteiger partial charge is 0.269 e. The molecule has 1 rings (SSSR count). The minimum atomic E-state index is -0.440. The fourth-order valence-electron chi connectivity index (χ4n) is 1.52. The molecule has 0 aliphatic carbocycles. The van der Waals surface area contributed by atoms with E-state index in [1.54, 1.807) is 12.1 Å². The minimum Gasteiger partial charge on any atom is -0.488 e. The minimum absolute atomic E-state index is 0.0480. The topological polar surface area (TPSA) is 52.4 Å². The van der Waals surface area contributed by atoms with Gasteiger partial charge < -0.3 is 4.74 Å². The van der Waals surface area contributed by atoms with E-state index in [-0.39, 0.29) is 5.69 Å². The van der Waals surface area contributed by atoms with Crippen LogP contribution in [0.5, 0.6) is 5.75 Å². The van der Waals surface area contributed by atoms with Gasteiger partial charge in [0.1, 0.15) is 12.4 Å². The van der Waals surface area contributed by atoms with E-state index in [1.165, 1.54) is 25.0 Å². The van der Waals surface area contributed by atoms with Crippen molar-refractivity contribution >= 4 is 5.69 Å². The lowest BCUT2D eigenvalue weighted by Crippen LogP contribution is -1.98. The average molecular weight is 273 g/mol. The Morgan fingerprint density at radius 2 is 2.05 bits per heavy atom. The summed E-state index contributed by atoms with van der Waals surface area (Å²) < 4.78 is 5.46. The predicted molar refractivity (Wildman–Crippen MR) is 79.6 cm³/mol. The fraction of sp³-hybridized carbons (Fsp3) is 0.375. The maximum absolute atomic E-state index is 10.5. The van der Waals surface area contributed by atoms with Gasteiger partial charge >= 0.3 is 0 Å². The summed E-state index contributed by atoms with van der Waals surface area (Å²) in [6.45, 7) is 6.29. The molecule has 1 aromatic carbocycles. The van der Waals surface area contributed by atoms with Gasteiger partial charge in [-0.05, 0) is 18.6 Å². The molecular weight excluding hydrogens is 254 g/mol. The van der Waals surface area contributed by atoms with Crippen LogP contribution in [-0.4, -0.2) is 11.5 Å². The molecule has 0 N–H and O–H groups in total. The van der Waals surface area contributed by atoms with Gasteiger partial charge in [-0.25, -0.2) is 0 Å². The Morgan fingerprint density at radius 3 is 2.65 bits per heavy atom. The van der Waals surface area contributed by atoms with Crippen molar-refractivity contribution in [1.29, 1.82) is 0 Å². The molecule has 0 atom stereocenters. The summed E-state index contributed by atoms with van der Waals surface area (Å²) in [6.07, 6.45) is 4.37. The highest BCUT2D eigenvalue weighted by atomic mass is 16.6. The highest BCUT2D eigenvalue weighted by Crippen LogP contribution is 2.17. The standard InChI is InChI=1S/C16H19NO3/c1-3-4-5-6-7-8-14(2)13-20-16-11-9-15(10-12-16)17(18)19/h9-12H,2-6,13H2,1H3. The Bertz CT molecular complexity index is 509. The number of nitrogens with zero attached hydrogens (tertiary/aromatic N) is 1. The molecule has 0 aromatic heterocycles. The van der Waals surface area contributed by atoms with Crippen LogP contribution in [0.3, 0.4) is 0 Å². The van der Waals surface area contributed by atoms with Crippen LogP contribution in [-0.2, 0) is 0 Å². The fourth-order valence-corrected chi connectivity index (χ4v) is 1.52. The van der Waals surface area contributed by atoms with Crippen molar-refractivity contribution in [3.8, 4) is 17.6 Å². The van der Waals surface area contributed by atoms with Crippen LogP contribution in [0.4, 0.5) is 5.69 Å². The molecule has 0 amide bonds. The van der Waals surface area contributed by atoms with Crippen LogP contribution in [0.2, 0.25) is 0 Å². The molecule has 0 aliphatic heterocycles. The van der Waals surface area contributed by atoms with E-state index in [2.05, 4.69) is 25.3 Å². The molecule has 0 spiro atoms. The molecule has 4 nitrogen and oxygen atoms in total. The van der Waals surface area contributed by atoms with Gasteiger partial charge in [-0.2, -0.15) is 0 Å². The van der Waals surface area contributed by atoms with Crippen molar-refractivity contribution in [2.75, 3.05) is 6.61 Å². The zero-order valence-electron chi connectivity index (χ0n) is 11.7. The molecule has 0 saturated heterocycles. The van der Waals surface area contributed by atoms with Crippen LogP contribution in [0.15, 0.2) is 36.4 Å². The summed E-state index contributed by atoms with van der Waals surface area (Å²) in [4.78, 5) is 10.1. The Hall–Kier alpha value is -2.28. The molecule has 0 aliphatic rings. The third-order valence-corrected chi connectivity index (χ3v) is 2.63. The van der Waals surface area contributed by atoms with Crippen LogP contribution < -0.4 is 4.74 Å². The molecule has 0 bridgehead atoms. The molecule has 106 valence electrons. The normalized spacial score (nSPS) is 9.45. The Labute approximate surface area is 119 Å². The molecule has 4 heteroatoms. The van der Waals surface area contributed by atoms with Gasteiger partial charge in [0.15, 0.2) is 0 Å². The maximum atomic E-state index is 10.5. The summed E-state index contributed by atoms with van der Waals surface area (Å²) in [6, 6.07) is 5.96. The van der Waals surface area contributed by atoms with Crippen molar-refractivity contribution < 1.29 is 9.66 Å². The second-order valence-corrected chi connectivity index (χ2v) is 4.40. The summed E-state index contributed by atoms with van der Waals surface area (Å²) in [5.74, 6) is 6.60. The van der Waals surface area contributed by atoms with E-state index >= 15 is 0 Å². The van der Waals surface area contributed by atoms with Gasteiger partial charge in [0.05, 0.1) is 4.92 Å². The molecule has 0 radical (unpaired) electrons. The predicted octanol–water partition coefficient (Wildman–Crippen LogP) is 4.11. The van der Waals surface area contributed by atoms with Crippen molar-refractivity contribution in [2.45, 2.75) is 32.6 Å². The van der Waals surface area contributed by atoms with Crippen LogP contribution in [0.1, 0.15) is 32.6 Å². The first-order valence-electron chi connectivity index (χ1n) is 6.67. The summed E-state index contributed by atoms with van der Waals surface area (Å²) in [5.41, 5.74) is 0.756. The third kappa shape index (κ3) is 6.05. The van der Waals surface area contributed by atoms with Crippen molar-refractivity contribution in [3.63, 3.8) is 0 Å². The summed E-state index contributed by atoms with van der Waals surface area (Å²) >= 11 is 0. The molecule has 20 heavy (non-hydrogen) atoms. The monoisotopic (exact) mass is 273 g/mol. The number of rotatable bonds is 7. The number of hydrogen-bond donors (Lipinski definition) is 0. The number of nitro benzene ring substituents is 1. The molecule has 0 saturated carbocycles. The van der Waals surface area contributed by atoms with E-state index < -0.39 is 4.92 Å². The van der Waals surface area contributed by atoms with E-state index in [0.717, 1.165) is 12.8 Å². The van der Waals surface area contributed by atoms with Gasteiger partial charge in [0.25, 0.3) is 5.69 Å². The zero-order valence-corrected chi connectivity index (χ0v) is 11.7. The number of nitro groups is 1. The Morgan fingerprint density at radius 1 is 1.35 bits per heavy atom. The first kappa shape index (κ1) is 15.8. The average Bonchev–Trinajstić information content (AvgIpc) is 2.45. The lowest BCUT2D eigenvalue weighted by atomic mass is 10.2. The van der Waals surface area contributed by atoms with Gasteiger partial charge in [-0.3, -0.25) is 10.1 Å². The highest BCUT2D eigenvalue weighted by Gasteiger charge is 2.04. The second-order valence-electron chi connectivity index (χ2n) is 4.40. The van der Waals surface area contributed by atoms with Crippen LogP contribution in [0, 0.1) is 22.0 Å². The summed E-state index contributed by atoms with van der Waals surface area (Å²) in [5, 5.41) is 10.5. The third-order valence-electron chi connectivity index (χ3n) is 2.63. The second kappa shape index (κ2) is 8.76. The molecule has 0 heterocycles. The molecule has 1 aromatic rings. The molecule has 0 unspecified atom stereocenters. The molecular formula is C16H19NO3. The number of ether oxygens (including phenoxy) is 1. The Kier molecular flexibility index (Phi) is 6.91. The van der Waals surface area contributed by atoms with E-state index in [9.17, 15) is 10.1 Å². The first-order chi connectivity index (χ1) is 9.63. The largest absolute Gasteiger partial charge is 0.488 e. The SMILES string of the molecule is C=C(C#CCCCCC)COc1ccc([N+](=O)[O-])cc1. The van der Waals surface area contributed by atoms with Gasteiger partial charge in [0.2, 0.25) is 0 Å². The zero-order chi connectivity index (χ0) is 14.8.